The zero-order chi connectivity index (χ0) is 28.7. The van der Waals surface area contributed by atoms with Crippen LogP contribution in [0.3, 0.4) is 0 Å². The molecule has 1 saturated heterocycles. The van der Waals surface area contributed by atoms with Gasteiger partial charge in [0.05, 0.1) is 23.3 Å². The SMILES string of the molecule is Cc1cnc(-c2ccnc(N3CCC4(CCC4)CC3)n2)cc1-n1c(C)cc(OCc2ncc(F)cc2F)c(Cl)c1=O. The molecule has 1 spiro atoms. The largest absolute Gasteiger partial charge is 0.485 e. The van der Waals surface area contributed by atoms with E-state index in [9.17, 15) is 13.6 Å². The highest BCUT2D eigenvalue weighted by Gasteiger charge is 2.40. The lowest BCUT2D eigenvalue weighted by Gasteiger charge is -2.48. The maximum absolute atomic E-state index is 14.0. The Labute approximate surface area is 241 Å². The summed E-state index contributed by atoms with van der Waals surface area (Å²) in [6.45, 7) is 5.17. The summed E-state index contributed by atoms with van der Waals surface area (Å²) < 4.78 is 34.3. The van der Waals surface area contributed by atoms with Crippen molar-refractivity contribution < 1.29 is 13.5 Å². The smallest absolute Gasteiger partial charge is 0.277 e. The van der Waals surface area contributed by atoms with Gasteiger partial charge in [0.1, 0.15) is 28.9 Å². The molecular weight excluding hydrogens is 550 g/mol. The summed E-state index contributed by atoms with van der Waals surface area (Å²) in [5.74, 6) is -0.873. The van der Waals surface area contributed by atoms with E-state index in [2.05, 4.69) is 19.9 Å². The molecule has 0 bridgehead atoms. The number of nitrogens with zero attached hydrogens (tertiary/aromatic N) is 6. The van der Waals surface area contributed by atoms with Gasteiger partial charge in [-0.1, -0.05) is 18.0 Å². The molecule has 11 heteroatoms. The number of hydrogen-bond donors (Lipinski definition) is 0. The van der Waals surface area contributed by atoms with E-state index in [1.54, 1.807) is 25.4 Å². The van der Waals surface area contributed by atoms with Crippen molar-refractivity contribution in [3.63, 3.8) is 0 Å². The van der Waals surface area contributed by atoms with Crippen molar-refractivity contribution >= 4 is 17.5 Å². The minimum atomic E-state index is -0.846. The summed E-state index contributed by atoms with van der Waals surface area (Å²) >= 11 is 6.43. The van der Waals surface area contributed by atoms with Crippen molar-refractivity contribution in [2.75, 3.05) is 18.0 Å². The molecule has 6 rings (SSSR count). The molecular formula is C30H29ClF2N6O2. The van der Waals surface area contributed by atoms with Crippen molar-refractivity contribution in [3.05, 3.63) is 86.8 Å². The van der Waals surface area contributed by atoms with E-state index in [-0.39, 0.29) is 23.1 Å². The van der Waals surface area contributed by atoms with Crippen LogP contribution >= 0.6 is 11.6 Å². The summed E-state index contributed by atoms with van der Waals surface area (Å²) in [6, 6.07) is 5.94. The van der Waals surface area contributed by atoms with Crippen LogP contribution in [0.2, 0.25) is 5.02 Å². The Hall–Kier alpha value is -3.92. The Balaban J connectivity index is 1.27. The minimum absolute atomic E-state index is 0.0773. The molecule has 5 heterocycles. The molecule has 1 saturated carbocycles. The Morgan fingerprint density at radius 2 is 1.78 bits per heavy atom. The van der Waals surface area contributed by atoms with Gasteiger partial charge in [-0.05, 0) is 62.6 Å². The van der Waals surface area contributed by atoms with Crippen molar-refractivity contribution in [1.82, 2.24) is 24.5 Å². The quantitative estimate of drug-likeness (QED) is 0.278. The fourth-order valence-electron chi connectivity index (χ4n) is 5.68. The van der Waals surface area contributed by atoms with Gasteiger partial charge in [-0.2, -0.15) is 0 Å². The van der Waals surface area contributed by atoms with Crippen molar-refractivity contribution in [1.29, 1.82) is 0 Å². The van der Waals surface area contributed by atoms with E-state index >= 15 is 0 Å². The van der Waals surface area contributed by atoms with E-state index < -0.39 is 17.2 Å². The number of aromatic nitrogens is 5. The van der Waals surface area contributed by atoms with E-state index in [0.717, 1.165) is 30.9 Å². The first-order valence-corrected chi connectivity index (χ1v) is 14.0. The molecule has 0 unspecified atom stereocenters. The van der Waals surface area contributed by atoms with Crippen molar-refractivity contribution in [2.45, 2.75) is 52.6 Å². The van der Waals surface area contributed by atoms with Crippen LogP contribution in [0, 0.1) is 30.9 Å². The normalized spacial score (nSPS) is 16.1. The fraction of sp³-hybridized carbons (Fsp3) is 0.367. The second-order valence-corrected chi connectivity index (χ2v) is 11.3. The van der Waals surface area contributed by atoms with Crippen LogP contribution in [-0.4, -0.2) is 37.6 Å². The van der Waals surface area contributed by atoms with Crippen molar-refractivity contribution in [3.8, 4) is 22.8 Å². The number of pyridine rings is 3. The summed E-state index contributed by atoms with van der Waals surface area (Å²) in [6.07, 6.45) is 10.7. The molecule has 41 heavy (non-hydrogen) atoms. The summed E-state index contributed by atoms with van der Waals surface area (Å²) in [5.41, 5.74) is 3.09. The number of halogens is 3. The van der Waals surface area contributed by atoms with E-state index in [1.807, 2.05) is 19.1 Å². The second-order valence-electron chi connectivity index (χ2n) is 10.9. The number of anilines is 1. The van der Waals surface area contributed by atoms with Crippen LogP contribution in [0.15, 0.2) is 47.7 Å². The van der Waals surface area contributed by atoms with E-state index in [0.29, 0.717) is 34.1 Å². The maximum atomic E-state index is 14.0. The monoisotopic (exact) mass is 578 g/mol. The first-order valence-electron chi connectivity index (χ1n) is 13.6. The number of piperidine rings is 1. The lowest BCUT2D eigenvalue weighted by atomic mass is 9.63. The summed E-state index contributed by atoms with van der Waals surface area (Å²) in [4.78, 5) is 33.3. The van der Waals surface area contributed by atoms with Gasteiger partial charge in [-0.15, -0.1) is 0 Å². The van der Waals surface area contributed by atoms with Gasteiger partial charge in [0.2, 0.25) is 5.95 Å². The molecule has 2 fully saturated rings. The lowest BCUT2D eigenvalue weighted by molar-refractivity contribution is 0.0951. The maximum Gasteiger partial charge on any atom is 0.277 e. The van der Waals surface area contributed by atoms with Gasteiger partial charge < -0.3 is 9.64 Å². The van der Waals surface area contributed by atoms with E-state index in [1.165, 1.54) is 36.7 Å². The molecule has 1 aliphatic heterocycles. The van der Waals surface area contributed by atoms with Crippen LogP contribution in [0.4, 0.5) is 14.7 Å². The zero-order valence-corrected chi connectivity index (χ0v) is 23.6. The van der Waals surface area contributed by atoms with Gasteiger partial charge in [-0.3, -0.25) is 19.3 Å². The van der Waals surface area contributed by atoms with Gasteiger partial charge in [0, 0.05) is 43.3 Å². The van der Waals surface area contributed by atoms with Crippen LogP contribution in [0.5, 0.6) is 5.75 Å². The minimum Gasteiger partial charge on any atom is -0.485 e. The Kier molecular flexibility index (Phi) is 7.19. The summed E-state index contributed by atoms with van der Waals surface area (Å²) in [7, 11) is 0. The predicted molar refractivity (Wildman–Crippen MR) is 152 cm³/mol. The Bertz CT molecular complexity index is 1680. The van der Waals surface area contributed by atoms with Gasteiger partial charge in [-0.25, -0.2) is 18.7 Å². The summed E-state index contributed by atoms with van der Waals surface area (Å²) in [5, 5.41) is -0.172. The average Bonchev–Trinajstić information content (AvgIpc) is 2.95. The lowest BCUT2D eigenvalue weighted by Crippen LogP contribution is -2.44. The molecule has 212 valence electrons. The number of hydrogen-bond acceptors (Lipinski definition) is 7. The molecule has 4 aromatic rings. The number of aryl methyl sites for hydroxylation is 2. The second kappa shape index (κ2) is 10.8. The topological polar surface area (TPSA) is 86.0 Å². The molecule has 2 aliphatic rings. The predicted octanol–water partition coefficient (Wildman–Crippen LogP) is 5.98. The van der Waals surface area contributed by atoms with Crippen molar-refractivity contribution in [2.24, 2.45) is 5.41 Å². The van der Waals surface area contributed by atoms with Crippen LogP contribution in [0.25, 0.3) is 17.1 Å². The van der Waals surface area contributed by atoms with E-state index in [4.69, 9.17) is 21.3 Å². The average molecular weight is 579 g/mol. The highest BCUT2D eigenvalue weighted by molar-refractivity contribution is 6.31. The molecule has 8 nitrogen and oxygen atoms in total. The number of rotatable bonds is 6. The molecule has 0 atom stereocenters. The standard InChI is InChI=1S/C30H29ClF2N6O2/c1-18-15-35-23(22-4-9-34-29(37-22)38-10-7-30(8-11-38)5-3-6-30)14-25(18)39-19(2)12-26(27(31)28(39)40)41-17-24-21(33)13-20(32)16-36-24/h4,9,12-16H,3,5-8,10-11,17H2,1-2H3. The number of ether oxygens (including phenoxy) is 1. The highest BCUT2D eigenvalue weighted by Crippen LogP contribution is 2.49. The molecule has 0 amide bonds. The highest BCUT2D eigenvalue weighted by atomic mass is 35.5. The molecule has 0 aromatic carbocycles. The molecule has 4 aromatic heterocycles. The third kappa shape index (κ3) is 5.28. The Morgan fingerprint density at radius 1 is 1.00 bits per heavy atom. The molecule has 0 radical (unpaired) electrons. The third-order valence-corrected chi connectivity index (χ3v) is 8.64. The van der Waals surface area contributed by atoms with Crippen LogP contribution in [0.1, 0.15) is 49.1 Å². The van der Waals surface area contributed by atoms with Gasteiger partial charge in [0.25, 0.3) is 5.56 Å². The van der Waals surface area contributed by atoms with Gasteiger partial charge >= 0.3 is 0 Å². The Morgan fingerprint density at radius 3 is 2.49 bits per heavy atom. The first kappa shape index (κ1) is 27.3. The van der Waals surface area contributed by atoms with Crippen LogP contribution in [-0.2, 0) is 6.61 Å². The fourth-order valence-corrected chi connectivity index (χ4v) is 5.87. The zero-order valence-electron chi connectivity index (χ0n) is 22.8. The molecule has 0 N–H and O–H groups in total. The molecule has 1 aliphatic carbocycles. The van der Waals surface area contributed by atoms with Crippen LogP contribution < -0.4 is 15.2 Å². The third-order valence-electron chi connectivity index (χ3n) is 8.29. The first-order chi connectivity index (χ1) is 19.7. The van der Waals surface area contributed by atoms with Gasteiger partial charge in [0.15, 0.2) is 5.82 Å².